The zero-order valence-corrected chi connectivity index (χ0v) is 10.8. The Morgan fingerprint density at radius 3 is 2.94 bits per heavy atom. The van der Waals surface area contributed by atoms with Gasteiger partial charge in [-0.05, 0) is 31.0 Å². The summed E-state index contributed by atoms with van der Waals surface area (Å²) in [6.07, 6.45) is 1.67. The van der Waals surface area contributed by atoms with Gasteiger partial charge in [0, 0.05) is 19.4 Å². The zero-order valence-electron chi connectivity index (χ0n) is 10.8. The molecule has 1 aliphatic heterocycles. The van der Waals surface area contributed by atoms with Crippen LogP contribution in [0.2, 0.25) is 0 Å². The maximum atomic E-state index is 13.6. The van der Waals surface area contributed by atoms with Crippen molar-refractivity contribution >= 4 is 0 Å². The van der Waals surface area contributed by atoms with Crippen LogP contribution in [-0.4, -0.2) is 30.5 Å². The Bertz CT molecular complexity index is 422. The van der Waals surface area contributed by atoms with Gasteiger partial charge in [-0.3, -0.25) is 0 Å². The molecule has 1 aromatic rings. The summed E-state index contributed by atoms with van der Waals surface area (Å²) in [5.74, 6) is -0.162. The number of ether oxygens (including phenoxy) is 2. The summed E-state index contributed by atoms with van der Waals surface area (Å²) in [6.45, 7) is 2.50. The number of hydrogen-bond donors (Lipinski definition) is 1. The molecule has 4 heteroatoms. The molecule has 1 aromatic carbocycles. The Morgan fingerprint density at radius 2 is 2.33 bits per heavy atom. The number of benzene rings is 1. The van der Waals surface area contributed by atoms with Crippen molar-refractivity contribution < 1.29 is 19.0 Å². The number of hydrogen-bond acceptors (Lipinski definition) is 3. The molecule has 100 valence electrons. The summed E-state index contributed by atoms with van der Waals surface area (Å²) in [5, 5.41) is 10.5. The van der Waals surface area contributed by atoms with Crippen LogP contribution in [0.25, 0.3) is 0 Å². The second kappa shape index (κ2) is 5.24. The molecule has 0 bridgehead atoms. The van der Waals surface area contributed by atoms with Crippen molar-refractivity contribution in [2.45, 2.75) is 37.9 Å². The van der Waals surface area contributed by atoms with Crippen LogP contribution in [0.4, 0.5) is 4.39 Å². The summed E-state index contributed by atoms with van der Waals surface area (Å²) in [5.41, 5.74) is -0.0106. The van der Waals surface area contributed by atoms with E-state index < -0.39 is 11.4 Å². The van der Waals surface area contributed by atoms with Crippen molar-refractivity contribution in [3.05, 3.63) is 29.6 Å². The third-order valence-corrected chi connectivity index (χ3v) is 3.39. The van der Waals surface area contributed by atoms with E-state index in [4.69, 9.17) is 9.47 Å². The molecule has 1 heterocycles. The van der Waals surface area contributed by atoms with E-state index >= 15 is 0 Å². The van der Waals surface area contributed by atoms with E-state index in [-0.39, 0.29) is 11.9 Å². The molecule has 3 nitrogen and oxygen atoms in total. The first-order valence-electron chi connectivity index (χ1n) is 6.19. The SMILES string of the molecule is COc1ccc(CC2(O)CCOC(C)C2)cc1F. The second-order valence-corrected chi connectivity index (χ2v) is 5.01. The van der Waals surface area contributed by atoms with Crippen LogP contribution in [-0.2, 0) is 11.2 Å². The van der Waals surface area contributed by atoms with E-state index in [1.807, 2.05) is 6.92 Å². The van der Waals surface area contributed by atoms with Crippen LogP contribution in [0, 0.1) is 5.82 Å². The van der Waals surface area contributed by atoms with Crippen molar-refractivity contribution in [2.75, 3.05) is 13.7 Å². The third kappa shape index (κ3) is 3.00. The highest BCUT2D eigenvalue weighted by Gasteiger charge is 2.33. The monoisotopic (exact) mass is 254 g/mol. The van der Waals surface area contributed by atoms with Crippen LogP contribution >= 0.6 is 0 Å². The minimum Gasteiger partial charge on any atom is -0.494 e. The van der Waals surface area contributed by atoms with E-state index in [1.54, 1.807) is 12.1 Å². The van der Waals surface area contributed by atoms with Crippen molar-refractivity contribution in [1.82, 2.24) is 0 Å². The smallest absolute Gasteiger partial charge is 0.165 e. The maximum Gasteiger partial charge on any atom is 0.165 e. The molecule has 1 saturated heterocycles. The summed E-state index contributed by atoms with van der Waals surface area (Å²) in [7, 11) is 1.44. The van der Waals surface area contributed by atoms with Crippen molar-refractivity contribution in [3.63, 3.8) is 0 Å². The molecule has 2 unspecified atom stereocenters. The standard InChI is InChI=1S/C14H19FO3/c1-10-8-14(16,5-6-18-10)9-11-3-4-13(17-2)12(15)7-11/h3-4,7,10,16H,5-6,8-9H2,1-2H3. The Hall–Kier alpha value is -1.13. The highest BCUT2D eigenvalue weighted by molar-refractivity contribution is 5.30. The lowest BCUT2D eigenvalue weighted by Crippen LogP contribution is -2.41. The molecule has 2 atom stereocenters. The van der Waals surface area contributed by atoms with E-state index in [0.29, 0.717) is 25.9 Å². The van der Waals surface area contributed by atoms with E-state index in [9.17, 15) is 9.50 Å². The first kappa shape index (κ1) is 13.3. The van der Waals surface area contributed by atoms with Crippen LogP contribution < -0.4 is 4.74 Å². The molecule has 18 heavy (non-hydrogen) atoms. The summed E-state index contributed by atoms with van der Waals surface area (Å²) >= 11 is 0. The number of methoxy groups -OCH3 is 1. The average Bonchev–Trinajstić information content (AvgIpc) is 2.28. The highest BCUT2D eigenvalue weighted by atomic mass is 19.1. The van der Waals surface area contributed by atoms with Gasteiger partial charge in [0.25, 0.3) is 0 Å². The van der Waals surface area contributed by atoms with Crippen molar-refractivity contribution in [3.8, 4) is 5.75 Å². The first-order chi connectivity index (χ1) is 8.52. The average molecular weight is 254 g/mol. The van der Waals surface area contributed by atoms with E-state index in [0.717, 1.165) is 5.56 Å². The summed E-state index contributed by atoms with van der Waals surface area (Å²) in [6, 6.07) is 4.81. The molecular formula is C14H19FO3. The molecule has 2 rings (SSSR count). The fourth-order valence-corrected chi connectivity index (χ4v) is 2.51. The predicted octanol–water partition coefficient (Wildman–Crippen LogP) is 2.31. The minimum atomic E-state index is -0.793. The lowest BCUT2D eigenvalue weighted by Gasteiger charge is -2.35. The van der Waals surface area contributed by atoms with Crippen molar-refractivity contribution in [1.29, 1.82) is 0 Å². The van der Waals surface area contributed by atoms with Crippen LogP contribution in [0.3, 0.4) is 0 Å². The van der Waals surface area contributed by atoms with Crippen LogP contribution in [0.1, 0.15) is 25.3 Å². The van der Waals surface area contributed by atoms with Gasteiger partial charge in [-0.15, -0.1) is 0 Å². The summed E-state index contributed by atoms with van der Waals surface area (Å²) < 4.78 is 23.9. The number of rotatable bonds is 3. The van der Waals surface area contributed by atoms with Gasteiger partial charge in [-0.25, -0.2) is 4.39 Å². The molecule has 1 fully saturated rings. The molecule has 1 aliphatic rings. The Kier molecular flexibility index (Phi) is 3.88. The van der Waals surface area contributed by atoms with Crippen LogP contribution in [0.5, 0.6) is 5.75 Å². The Morgan fingerprint density at radius 1 is 1.56 bits per heavy atom. The van der Waals surface area contributed by atoms with Crippen molar-refractivity contribution in [2.24, 2.45) is 0 Å². The lowest BCUT2D eigenvalue weighted by molar-refractivity contribution is -0.0961. The fourth-order valence-electron chi connectivity index (χ4n) is 2.51. The molecule has 1 N–H and O–H groups in total. The maximum absolute atomic E-state index is 13.6. The van der Waals surface area contributed by atoms with Gasteiger partial charge in [0.1, 0.15) is 0 Å². The first-order valence-corrected chi connectivity index (χ1v) is 6.19. The lowest BCUT2D eigenvalue weighted by atomic mass is 9.85. The quantitative estimate of drug-likeness (QED) is 0.899. The van der Waals surface area contributed by atoms with Gasteiger partial charge in [-0.2, -0.15) is 0 Å². The molecule has 0 radical (unpaired) electrons. The molecule has 0 aromatic heterocycles. The van der Waals surface area contributed by atoms with Gasteiger partial charge in [0.05, 0.1) is 18.8 Å². The zero-order chi connectivity index (χ0) is 13.2. The predicted molar refractivity (Wildman–Crippen MR) is 66.3 cm³/mol. The summed E-state index contributed by atoms with van der Waals surface area (Å²) in [4.78, 5) is 0. The minimum absolute atomic E-state index is 0.0480. The Balaban J connectivity index is 2.11. The fraction of sp³-hybridized carbons (Fsp3) is 0.571. The molecule has 0 amide bonds. The van der Waals surface area contributed by atoms with Gasteiger partial charge in [0.15, 0.2) is 11.6 Å². The second-order valence-electron chi connectivity index (χ2n) is 5.01. The van der Waals surface area contributed by atoms with Gasteiger partial charge >= 0.3 is 0 Å². The topological polar surface area (TPSA) is 38.7 Å². The molecule has 0 aliphatic carbocycles. The highest BCUT2D eigenvalue weighted by Crippen LogP contribution is 2.29. The van der Waals surface area contributed by atoms with Gasteiger partial charge in [-0.1, -0.05) is 6.07 Å². The largest absolute Gasteiger partial charge is 0.494 e. The van der Waals surface area contributed by atoms with Crippen LogP contribution in [0.15, 0.2) is 18.2 Å². The Labute approximate surface area is 107 Å². The molecule has 0 spiro atoms. The van der Waals surface area contributed by atoms with E-state index in [2.05, 4.69) is 0 Å². The number of aliphatic hydroxyl groups is 1. The van der Waals surface area contributed by atoms with Gasteiger partial charge in [0.2, 0.25) is 0 Å². The van der Waals surface area contributed by atoms with E-state index in [1.165, 1.54) is 13.2 Å². The molecular weight excluding hydrogens is 235 g/mol. The third-order valence-electron chi connectivity index (χ3n) is 3.39. The number of halogens is 1. The molecule has 0 saturated carbocycles. The van der Waals surface area contributed by atoms with Gasteiger partial charge < -0.3 is 14.6 Å². The normalized spacial score (nSPS) is 28.1.